The molecule has 2 fully saturated rings. The zero-order chi connectivity index (χ0) is 15.8. The number of nitrogens with zero attached hydrogens (tertiary/aromatic N) is 1. The summed E-state index contributed by atoms with van der Waals surface area (Å²) in [4.78, 5) is 25.5. The zero-order valence-corrected chi connectivity index (χ0v) is 13.5. The Morgan fingerprint density at radius 2 is 2.00 bits per heavy atom. The normalized spacial score (nSPS) is 40.1. The van der Waals surface area contributed by atoms with Gasteiger partial charge in [0.25, 0.3) is 5.56 Å². The molecule has 1 aliphatic carbocycles. The molecule has 0 amide bonds. The van der Waals surface area contributed by atoms with Crippen LogP contribution in [0.15, 0.2) is 15.8 Å². The van der Waals surface area contributed by atoms with E-state index < -0.39 is 46.8 Å². The van der Waals surface area contributed by atoms with E-state index in [1.54, 1.807) is 36.4 Å². The van der Waals surface area contributed by atoms with Gasteiger partial charge < -0.3 is 20.1 Å². The molecule has 0 unspecified atom stereocenters. The third-order valence-electron chi connectivity index (χ3n) is 4.88. The number of hydrogen-bond donors (Lipinski definition) is 4. The minimum atomic E-state index is -1.72. The molecule has 0 radical (unpaired) electrons. The summed E-state index contributed by atoms with van der Waals surface area (Å²) in [5.74, 6) is 0. The Kier molecular flexibility index (Phi) is 3.00. The molecule has 0 spiro atoms. The summed E-state index contributed by atoms with van der Waals surface area (Å²) in [7, 11) is 0. The van der Waals surface area contributed by atoms with E-state index in [4.69, 9.17) is 4.74 Å². The van der Waals surface area contributed by atoms with Crippen LogP contribution in [0.5, 0.6) is 0 Å². The van der Waals surface area contributed by atoms with E-state index in [0.717, 1.165) is 4.57 Å². The van der Waals surface area contributed by atoms with E-state index in [-0.39, 0.29) is 3.57 Å². The third-order valence-corrected chi connectivity index (χ3v) is 5.65. The Labute approximate surface area is 132 Å². The standard InChI is InChI=1S/C12H15IN2O6/c1-10(2)11(19)6(4-16)21-8(12(10,11)20)15-3-5(13)7(17)14-9(15)18/h3,6,8,16,19-20H,4H2,1-2H3,(H,14,17,18)/t6-,8-,11-,12+/m1/s1. The molecule has 4 N–H and O–H groups in total. The van der Waals surface area contributed by atoms with Gasteiger partial charge in [-0.3, -0.25) is 14.3 Å². The SMILES string of the molecule is CC1(C)[C@]2(O)[C@@H](CO)O[C@@H](n3cc(I)c(=O)[nH]c3=O)[C@]12O. The van der Waals surface area contributed by atoms with E-state index in [2.05, 4.69) is 4.98 Å². The molecule has 1 aliphatic heterocycles. The molecule has 4 atom stereocenters. The van der Waals surface area contributed by atoms with Crippen LogP contribution in [0.3, 0.4) is 0 Å². The predicted octanol–water partition coefficient (Wildman–Crippen LogP) is -1.47. The van der Waals surface area contributed by atoms with E-state index >= 15 is 0 Å². The molecule has 0 aromatic carbocycles. The van der Waals surface area contributed by atoms with Gasteiger partial charge in [-0.1, -0.05) is 13.8 Å². The number of nitrogens with one attached hydrogen (secondary N) is 1. The molecular formula is C12H15IN2O6. The van der Waals surface area contributed by atoms with Crippen LogP contribution in [-0.2, 0) is 4.74 Å². The number of halogens is 1. The molecule has 1 saturated heterocycles. The molecule has 2 heterocycles. The van der Waals surface area contributed by atoms with Crippen LogP contribution in [0.25, 0.3) is 0 Å². The third kappa shape index (κ3) is 1.48. The average molecular weight is 410 g/mol. The smallest absolute Gasteiger partial charge is 0.330 e. The zero-order valence-electron chi connectivity index (χ0n) is 11.3. The van der Waals surface area contributed by atoms with E-state index in [9.17, 15) is 24.9 Å². The van der Waals surface area contributed by atoms with E-state index in [1.807, 2.05) is 0 Å². The van der Waals surface area contributed by atoms with Crippen LogP contribution in [0.2, 0.25) is 0 Å². The second-order valence-corrected chi connectivity index (χ2v) is 7.12. The van der Waals surface area contributed by atoms with Crippen molar-refractivity contribution in [3.05, 3.63) is 30.6 Å². The molecule has 2 aliphatic rings. The predicted molar refractivity (Wildman–Crippen MR) is 78.7 cm³/mol. The summed E-state index contributed by atoms with van der Waals surface area (Å²) < 4.78 is 6.75. The number of rotatable bonds is 2. The summed E-state index contributed by atoms with van der Waals surface area (Å²) >= 11 is 1.75. The van der Waals surface area contributed by atoms with Crippen LogP contribution in [0.4, 0.5) is 0 Å². The Morgan fingerprint density at radius 1 is 1.38 bits per heavy atom. The van der Waals surface area contributed by atoms with Crippen LogP contribution in [0, 0.1) is 8.99 Å². The summed E-state index contributed by atoms with van der Waals surface area (Å²) in [5, 5.41) is 30.8. The number of fused-ring (bicyclic) bond motifs is 1. The summed E-state index contributed by atoms with van der Waals surface area (Å²) in [5.41, 5.74) is -5.62. The van der Waals surface area contributed by atoms with Crippen molar-refractivity contribution in [3.63, 3.8) is 0 Å². The van der Waals surface area contributed by atoms with Gasteiger partial charge in [-0.15, -0.1) is 0 Å². The van der Waals surface area contributed by atoms with Crippen molar-refractivity contribution in [1.82, 2.24) is 9.55 Å². The highest BCUT2D eigenvalue weighted by Crippen LogP contribution is 2.75. The number of aromatic amines is 1. The fraction of sp³-hybridized carbons (Fsp3) is 0.667. The summed E-state index contributed by atoms with van der Waals surface area (Å²) in [6, 6.07) is 0. The average Bonchev–Trinajstić information content (AvgIpc) is 2.65. The number of H-pyrrole nitrogens is 1. The molecule has 116 valence electrons. The van der Waals surface area contributed by atoms with Crippen molar-refractivity contribution in [2.45, 2.75) is 37.4 Å². The van der Waals surface area contributed by atoms with Crippen molar-refractivity contribution in [1.29, 1.82) is 0 Å². The van der Waals surface area contributed by atoms with Gasteiger partial charge in [-0.05, 0) is 22.6 Å². The van der Waals surface area contributed by atoms with E-state index in [0.29, 0.717) is 0 Å². The van der Waals surface area contributed by atoms with Crippen molar-refractivity contribution < 1.29 is 20.1 Å². The van der Waals surface area contributed by atoms with Gasteiger partial charge in [0, 0.05) is 11.6 Å². The number of ether oxygens (including phenoxy) is 1. The lowest BCUT2D eigenvalue weighted by atomic mass is 10.0. The lowest BCUT2D eigenvalue weighted by Gasteiger charge is -2.27. The maximum atomic E-state index is 12.0. The van der Waals surface area contributed by atoms with Crippen molar-refractivity contribution >= 4 is 22.6 Å². The fourth-order valence-corrected chi connectivity index (χ4v) is 3.91. The van der Waals surface area contributed by atoms with Gasteiger partial charge in [-0.2, -0.15) is 0 Å². The van der Waals surface area contributed by atoms with Gasteiger partial charge in [0.15, 0.2) is 6.23 Å². The largest absolute Gasteiger partial charge is 0.394 e. The molecule has 0 bridgehead atoms. The second-order valence-electron chi connectivity index (χ2n) is 5.96. The monoisotopic (exact) mass is 410 g/mol. The van der Waals surface area contributed by atoms with Crippen molar-refractivity contribution in [2.75, 3.05) is 6.61 Å². The van der Waals surface area contributed by atoms with Gasteiger partial charge in [0.05, 0.1) is 10.2 Å². The fourth-order valence-electron chi connectivity index (χ4n) is 3.47. The van der Waals surface area contributed by atoms with Crippen LogP contribution in [-0.4, -0.2) is 48.8 Å². The number of aliphatic hydroxyl groups is 3. The second kappa shape index (κ2) is 4.16. The lowest BCUT2D eigenvalue weighted by Crippen LogP contribution is -2.41. The van der Waals surface area contributed by atoms with E-state index in [1.165, 1.54) is 6.20 Å². The first-order valence-corrected chi connectivity index (χ1v) is 7.43. The molecule has 1 aromatic rings. The first kappa shape index (κ1) is 15.2. The van der Waals surface area contributed by atoms with Gasteiger partial charge >= 0.3 is 5.69 Å². The minimum absolute atomic E-state index is 0.244. The Bertz CT molecular complexity index is 727. The topological polar surface area (TPSA) is 125 Å². The lowest BCUT2D eigenvalue weighted by molar-refractivity contribution is -0.126. The summed E-state index contributed by atoms with van der Waals surface area (Å²) in [6.07, 6.45) is -0.939. The highest BCUT2D eigenvalue weighted by atomic mass is 127. The Morgan fingerprint density at radius 3 is 2.52 bits per heavy atom. The maximum absolute atomic E-state index is 12.0. The van der Waals surface area contributed by atoms with Crippen molar-refractivity contribution in [3.8, 4) is 0 Å². The van der Waals surface area contributed by atoms with Gasteiger partial charge in [0.2, 0.25) is 0 Å². The first-order chi connectivity index (χ1) is 9.62. The molecule has 8 nitrogen and oxygen atoms in total. The molecule has 1 saturated carbocycles. The Balaban J connectivity index is 2.16. The minimum Gasteiger partial charge on any atom is -0.394 e. The molecule has 3 rings (SSSR count). The number of aliphatic hydroxyl groups excluding tert-OH is 1. The quantitative estimate of drug-likeness (QED) is 0.442. The number of aromatic nitrogens is 2. The van der Waals surface area contributed by atoms with Crippen LogP contribution in [0.1, 0.15) is 20.1 Å². The van der Waals surface area contributed by atoms with Crippen molar-refractivity contribution in [2.24, 2.45) is 5.41 Å². The number of hydrogen-bond acceptors (Lipinski definition) is 6. The first-order valence-electron chi connectivity index (χ1n) is 6.35. The maximum Gasteiger partial charge on any atom is 0.330 e. The summed E-state index contributed by atoms with van der Waals surface area (Å²) in [6.45, 7) is 2.77. The molecule has 9 heteroatoms. The van der Waals surface area contributed by atoms with Crippen LogP contribution >= 0.6 is 22.6 Å². The molecule has 21 heavy (non-hydrogen) atoms. The highest BCUT2D eigenvalue weighted by molar-refractivity contribution is 14.1. The highest BCUT2D eigenvalue weighted by Gasteiger charge is 2.92. The molecule has 1 aromatic heterocycles. The molecular weight excluding hydrogens is 395 g/mol. The Hall–Kier alpha value is -0.750. The van der Waals surface area contributed by atoms with Crippen LogP contribution < -0.4 is 11.2 Å². The van der Waals surface area contributed by atoms with Gasteiger partial charge in [-0.25, -0.2) is 4.79 Å². The van der Waals surface area contributed by atoms with Gasteiger partial charge in [0.1, 0.15) is 17.3 Å².